The van der Waals surface area contributed by atoms with Crippen LogP contribution in [0.25, 0.3) is 0 Å². The summed E-state index contributed by atoms with van der Waals surface area (Å²) in [6.45, 7) is 2.52. The van der Waals surface area contributed by atoms with E-state index in [9.17, 15) is 9.59 Å². The molecular formula is C12H23N3O3. The van der Waals surface area contributed by atoms with Crippen LogP contribution in [0.5, 0.6) is 0 Å². The third-order valence-corrected chi connectivity index (χ3v) is 3.03. The molecule has 0 unspecified atom stereocenters. The predicted octanol–water partition coefficient (Wildman–Crippen LogP) is 0.683. The van der Waals surface area contributed by atoms with Crippen LogP contribution in [0.2, 0.25) is 0 Å². The molecule has 1 heterocycles. The number of carbonyl (C=O) groups excluding carboxylic acids is 1. The highest BCUT2D eigenvalue weighted by molar-refractivity contribution is 5.74. The maximum atomic E-state index is 11.5. The first-order chi connectivity index (χ1) is 8.68. The summed E-state index contributed by atoms with van der Waals surface area (Å²) in [6, 6.07) is 0.165. The van der Waals surface area contributed by atoms with Gasteiger partial charge in [-0.05, 0) is 38.8 Å². The Balaban J connectivity index is 1.94. The maximum Gasteiger partial charge on any atom is 0.315 e. The molecule has 0 saturated carbocycles. The molecule has 4 N–H and O–H groups in total. The molecular weight excluding hydrogens is 234 g/mol. The number of hydrogen-bond donors (Lipinski definition) is 4. The standard InChI is InChI=1S/C12H23N3O3/c16-11(17)4-2-1-3-7-14-12(18)15-10-5-8-13-9-6-10/h10,13H,1-9H2,(H,16,17)(H2,14,15,18). The first-order valence-electron chi connectivity index (χ1n) is 6.65. The average Bonchev–Trinajstić information content (AvgIpc) is 2.34. The third-order valence-electron chi connectivity index (χ3n) is 3.03. The van der Waals surface area contributed by atoms with Crippen LogP contribution in [0.3, 0.4) is 0 Å². The van der Waals surface area contributed by atoms with E-state index in [0.29, 0.717) is 13.0 Å². The number of amides is 2. The predicted molar refractivity (Wildman–Crippen MR) is 68.5 cm³/mol. The molecule has 1 aliphatic rings. The molecule has 1 rings (SSSR count). The van der Waals surface area contributed by atoms with Crippen molar-refractivity contribution in [3.8, 4) is 0 Å². The highest BCUT2D eigenvalue weighted by Crippen LogP contribution is 2.01. The number of piperidine rings is 1. The van der Waals surface area contributed by atoms with Crippen LogP contribution >= 0.6 is 0 Å². The number of unbranched alkanes of at least 4 members (excludes halogenated alkanes) is 2. The summed E-state index contributed by atoms with van der Waals surface area (Å²) in [5, 5.41) is 17.4. The Morgan fingerprint density at radius 3 is 2.56 bits per heavy atom. The first kappa shape index (κ1) is 14.8. The number of hydrogen-bond acceptors (Lipinski definition) is 3. The molecule has 104 valence electrons. The number of carboxylic acids is 1. The largest absolute Gasteiger partial charge is 0.481 e. The van der Waals surface area contributed by atoms with Crippen molar-refractivity contribution >= 4 is 12.0 Å². The molecule has 1 saturated heterocycles. The van der Waals surface area contributed by atoms with Gasteiger partial charge in [-0.15, -0.1) is 0 Å². The van der Waals surface area contributed by atoms with E-state index in [-0.39, 0.29) is 18.5 Å². The molecule has 2 amide bonds. The fraction of sp³-hybridized carbons (Fsp3) is 0.833. The van der Waals surface area contributed by atoms with Gasteiger partial charge in [-0.25, -0.2) is 4.79 Å². The fourth-order valence-electron chi connectivity index (χ4n) is 1.98. The minimum absolute atomic E-state index is 0.111. The summed E-state index contributed by atoms with van der Waals surface area (Å²) in [7, 11) is 0. The monoisotopic (exact) mass is 257 g/mol. The van der Waals surface area contributed by atoms with Crippen molar-refractivity contribution in [2.45, 2.75) is 44.6 Å². The lowest BCUT2D eigenvalue weighted by Gasteiger charge is -2.23. The summed E-state index contributed by atoms with van der Waals surface area (Å²) in [5.41, 5.74) is 0. The van der Waals surface area contributed by atoms with E-state index in [4.69, 9.17) is 5.11 Å². The SMILES string of the molecule is O=C(O)CCCCCNC(=O)NC1CCNCC1. The van der Waals surface area contributed by atoms with Gasteiger partial charge in [-0.3, -0.25) is 4.79 Å². The van der Waals surface area contributed by atoms with Crippen molar-refractivity contribution in [2.75, 3.05) is 19.6 Å². The van der Waals surface area contributed by atoms with Gasteiger partial charge < -0.3 is 21.1 Å². The van der Waals surface area contributed by atoms with E-state index in [0.717, 1.165) is 38.8 Å². The van der Waals surface area contributed by atoms with Gasteiger partial charge in [0.1, 0.15) is 0 Å². The summed E-state index contributed by atoms with van der Waals surface area (Å²) in [4.78, 5) is 21.8. The normalized spacial score (nSPS) is 16.2. The van der Waals surface area contributed by atoms with Crippen molar-refractivity contribution in [3.05, 3.63) is 0 Å². The molecule has 6 heteroatoms. The van der Waals surface area contributed by atoms with Gasteiger partial charge >= 0.3 is 12.0 Å². The number of carboxylic acid groups (broad SMARTS) is 1. The highest BCUT2D eigenvalue weighted by Gasteiger charge is 2.14. The van der Waals surface area contributed by atoms with E-state index in [1.807, 2.05) is 0 Å². The Bertz CT molecular complexity index is 265. The molecule has 0 bridgehead atoms. The second-order valence-corrected chi connectivity index (χ2v) is 4.63. The van der Waals surface area contributed by atoms with Crippen molar-refractivity contribution in [1.29, 1.82) is 0 Å². The summed E-state index contributed by atoms with van der Waals surface area (Å²) in [6.07, 6.45) is 4.50. The van der Waals surface area contributed by atoms with Gasteiger partial charge in [0.15, 0.2) is 0 Å². The number of rotatable bonds is 7. The lowest BCUT2D eigenvalue weighted by Crippen LogP contribution is -2.46. The topological polar surface area (TPSA) is 90.5 Å². The van der Waals surface area contributed by atoms with E-state index >= 15 is 0 Å². The van der Waals surface area contributed by atoms with Crippen molar-refractivity contribution in [3.63, 3.8) is 0 Å². The van der Waals surface area contributed by atoms with Crippen LogP contribution < -0.4 is 16.0 Å². The minimum atomic E-state index is -0.758. The molecule has 0 aliphatic carbocycles. The zero-order valence-electron chi connectivity index (χ0n) is 10.7. The molecule has 0 spiro atoms. The number of carbonyl (C=O) groups is 2. The van der Waals surface area contributed by atoms with E-state index < -0.39 is 5.97 Å². The molecule has 1 aliphatic heterocycles. The highest BCUT2D eigenvalue weighted by atomic mass is 16.4. The molecule has 6 nitrogen and oxygen atoms in total. The van der Waals surface area contributed by atoms with Crippen LogP contribution in [-0.2, 0) is 4.79 Å². The lowest BCUT2D eigenvalue weighted by molar-refractivity contribution is -0.137. The molecule has 18 heavy (non-hydrogen) atoms. The van der Waals surface area contributed by atoms with Gasteiger partial charge in [0.2, 0.25) is 0 Å². The lowest BCUT2D eigenvalue weighted by atomic mass is 10.1. The summed E-state index contributed by atoms with van der Waals surface area (Å²) >= 11 is 0. The number of aliphatic carboxylic acids is 1. The van der Waals surface area contributed by atoms with Crippen LogP contribution in [0.1, 0.15) is 38.5 Å². The van der Waals surface area contributed by atoms with E-state index in [1.54, 1.807) is 0 Å². The maximum absolute atomic E-state index is 11.5. The fourth-order valence-corrected chi connectivity index (χ4v) is 1.98. The molecule has 0 aromatic heterocycles. The summed E-state index contributed by atoms with van der Waals surface area (Å²) in [5.74, 6) is -0.758. The van der Waals surface area contributed by atoms with Crippen LogP contribution in [0.15, 0.2) is 0 Å². The van der Waals surface area contributed by atoms with Gasteiger partial charge in [0.25, 0.3) is 0 Å². The van der Waals surface area contributed by atoms with E-state index in [1.165, 1.54) is 0 Å². The average molecular weight is 257 g/mol. The second-order valence-electron chi connectivity index (χ2n) is 4.63. The van der Waals surface area contributed by atoms with Gasteiger partial charge in [-0.2, -0.15) is 0 Å². The van der Waals surface area contributed by atoms with Gasteiger partial charge in [0, 0.05) is 19.0 Å². The van der Waals surface area contributed by atoms with Crippen LogP contribution in [-0.4, -0.2) is 42.8 Å². The first-order valence-corrected chi connectivity index (χ1v) is 6.65. The van der Waals surface area contributed by atoms with Crippen molar-refractivity contribution in [1.82, 2.24) is 16.0 Å². The quantitative estimate of drug-likeness (QED) is 0.505. The Morgan fingerprint density at radius 2 is 1.89 bits per heavy atom. The molecule has 0 aromatic carbocycles. The molecule has 0 aromatic rings. The van der Waals surface area contributed by atoms with Crippen molar-refractivity contribution in [2.24, 2.45) is 0 Å². The Labute approximate surface area is 108 Å². The van der Waals surface area contributed by atoms with Crippen LogP contribution in [0, 0.1) is 0 Å². The Kier molecular flexibility index (Phi) is 7.17. The smallest absolute Gasteiger partial charge is 0.315 e. The van der Waals surface area contributed by atoms with Crippen molar-refractivity contribution < 1.29 is 14.7 Å². The third kappa shape index (κ3) is 7.11. The Morgan fingerprint density at radius 1 is 1.17 bits per heavy atom. The van der Waals surface area contributed by atoms with E-state index in [2.05, 4.69) is 16.0 Å². The second kappa shape index (κ2) is 8.74. The molecule has 1 fully saturated rings. The van der Waals surface area contributed by atoms with Gasteiger partial charge in [-0.1, -0.05) is 6.42 Å². The minimum Gasteiger partial charge on any atom is -0.481 e. The summed E-state index contributed by atoms with van der Waals surface area (Å²) < 4.78 is 0. The van der Waals surface area contributed by atoms with Crippen LogP contribution in [0.4, 0.5) is 4.79 Å². The molecule has 0 atom stereocenters. The number of urea groups is 1. The van der Waals surface area contributed by atoms with Gasteiger partial charge in [0.05, 0.1) is 0 Å². The number of nitrogens with one attached hydrogen (secondary N) is 3. The Hall–Kier alpha value is -1.30. The molecule has 0 radical (unpaired) electrons. The zero-order valence-corrected chi connectivity index (χ0v) is 10.7. The zero-order chi connectivity index (χ0) is 13.2.